The average Bonchev–Trinajstić information content (AvgIpc) is 2.69. The maximum Gasteiger partial charge on any atom is 0.416 e. The highest BCUT2D eigenvalue weighted by Gasteiger charge is 2.33. The zero-order valence-corrected chi connectivity index (χ0v) is 12.0. The number of hydrogen-bond acceptors (Lipinski definition) is 2. The van der Waals surface area contributed by atoms with Crippen LogP contribution >= 0.6 is 27.3 Å². The van der Waals surface area contributed by atoms with Crippen LogP contribution in [-0.4, -0.2) is 11.2 Å². The summed E-state index contributed by atoms with van der Waals surface area (Å²) >= 11 is 4.93. The lowest BCUT2D eigenvalue weighted by Gasteiger charge is -2.15. The lowest BCUT2D eigenvalue weighted by Crippen LogP contribution is -2.12. The molecule has 0 saturated carbocycles. The zero-order chi connectivity index (χ0) is 13.3. The zero-order valence-electron chi connectivity index (χ0n) is 9.59. The van der Waals surface area contributed by atoms with Crippen molar-refractivity contribution in [3.63, 3.8) is 0 Å². The minimum atomic E-state index is -4.25. The third-order valence-electron chi connectivity index (χ3n) is 2.77. The molecule has 1 aliphatic rings. The molecule has 6 heteroatoms. The predicted molar refractivity (Wildman–Crippen MR) is 70.1 cm³/mol. The Balaban J connectivity index is 2.15. The van der Waals surface area contributed by atoms with Crippen LogP contribution in [0.2, 0.25) is 0 Å². The SMILES string of the molecule is Cc1nc(C2C=CC(C(F)(F)F)=CC2)sc1CBr. The topological polar surface area (TPSA) is 12.9 Å². The minimum absolute atomic E-state index is 0.0346. The minimum Gasteiger partial charge on any atom is -0.246 e. The molecule has 0 amide bonds. The summed E-state index contributed by atoms with van der Waals surface area (Å²) in [5.74, 6) is -0.0346. The van der Waals surface area contributed by atoms with E-state index in [4.69, 9.17) is 0 Å². The van der Waals surface area contributed by atoms with Crippen molar-refractivity contribution in [3.8, 4) is 0 Å². The molecule has 1 nitrogen and oxygen atoms in total. The van der Waals surface area contributed by atoms with E-state index in [1.807, 2.05) is 6.92 Å². The van der Waals surface area contributed by atoms with E-state index >= 15 is 0 Å². The number of allylic oxidation sites excluding steroid dienone is 4. The second-order valence-corrected chi connectivity index (χ2v) is 5.73. The fraction of sp³-hybridized carbons (Fsp3) is 0.417. The molecule has 1 heterocycles. The van der Waals surface area contributed by atoms with Crippen LogP contribution in [-0.2, 0) is 5.33 Å². The maximum absolute atomic E-state index is 12.5. The first kappa shape index (κ1) is 13.8. The fourth-order valence-electron chi connectivity index (χ4n) is 1.75. The molecule has 0 aliphatic heterocycles. The number of nitrogens with zero attached hydrogens (tertiary/aromatic N) is 1. The molecule has 18 heavy (non-hydrogen) atoms. The molecule has 0 fully saturated rings. The van der Waals surface area contributed by atoms with Gasteiger partial charge in [0.1, 0.15) is 5.01 Å². The molecular formula is C12H11BrF3NS. The average molecular weight is 338 g/mol. The Hall–Kier alpha value is -0.620. The summed E-state index contributed by atoms with van der Waals surface area (Å²) in [4.78, 5) is 5.55. The van der Waals surface area contributed by atoms with Gasteiger partial charge in [0, 0.05) is 16.1 Å². The summed E-state index contributed by atoms with van der Waals surface area (Å²) in [6, 6.07) is 0. The van der Waals surface area contributed by atoms with Crippen molar-refractivity contribution in [3.05, 3.63) is 39.4 Å². The number of thiazole rings is 1. The molecule has 1 aromatic rings. The Morgan fingerprint density at radius 2 is 2.22 bits per heavy atom. The number of aromatic nitrogens is 1. The molecule has 1 aromatic heterocycles. The molecule has 1 unspecified atom stereocenters. The Morgan fingerprint density at radius 3 is 2.67 bits per heavy atom. The molecule has 2 rings (SSSR count). The van der Waals surface area contributed by atoms with E-state index in [1.54, 1.807) is 17.4 Å². The number of hydrogen-bond donors (Lipinski definition) is 0. The van der Waals surface area contributed by atoms with Crippen LogP contribution in [0.25, 0.3) is 0 Å². The normalized spacial score (nSPS) is 20.1. The highest BCUT2D eigenvalue weighted by atomic mass is 79.9. The second-order valence-electron chi connectivity index (χ2n) is 4.05. The summed E-state index contributed by atoms with van der Waals surface area (Å²) in [7, 11) is 0. The second kappa shape index (κ2) is 5.17. The van der Waals surface area contributed by atoms with Crippen molar-refractivity contribution >= 4 is 27.3 Å². The third kappa shape index (κ3) is 2.85. The molecule has 0 aromatic carbocycles. The van der Waals surface area contributed by atoms with E-state index in [1.165, 1.54) is 6.08 Å². The van der Waals surface area contributed by atoms with E-state index in [0.717, 1.165) is 27.0 Å². The number of alkyl halides is 4. The molecule has 0 bridgehead atoms. The lowest BCUT2D eigenvalue weighted by molar-refractivity contribution is -0.0886. The maximum atomic E-state index is 12.5. The first-order chi connectivity index (χ1) is 8.41. The highest BCUT2D eigenvalue weighted by Crippen LogP contribution is 2.36. The molecule has 0 radical (unpaired) electrons. The summed E-state index contributed by atoms with van der Waals surface area (Å²) in [6.45, 7) is 1.92. The van der Waals surface area contributed by atoms with E-state index in [0.29, 0.717) is 6.42 Å². The quantitative estimate of drug-likeness (QED) is 0.701. The lowest BCUT2D eigenvalue weighted by atomic mass is 9.97. The summed E-state index contributed by atoms with van der Waals surface area (Å²) in [5, 5.41) is 1.62. The van der Waals surface area contributed by atoms with E-state index in [9.17, 15) is 13.2 Å². The van der Waals surface area contributed by atoms with E-state index in [2.05, 4.69) is 20.9 Å². The van der Waals surface area contributed by atoms with Crippen LogP contribution < -0.4 is 0 Å². The van der Waals surface area contributed by atoms with Gasteiger partial charge in [-0.25, -0.2) is 4.98 Å². The number of halogens is 4. The Labute approximate surface area is 116 Å². The summed E-state index contributed by atoms with van der Waals surface area (Å²) in [6.07, 6.45) is 0.105. The van der Waals surface area contributed by atoms with Crippen LogP contribution in [0.15, 0.2) is 23.8 Å². The summed E-state index contributed by atoms with van der Waals surface area (Å²) < 4.78 is 37.4. The Morgan fingerprint density at radius 1 is 1.50 bits per heavy atom. The molecule has 1 atom stereocenters. The Kier molecular flexibility index (Phi) is 3.96. The van der Waals surface area contributed by atoms with Gasteiger partial charge in [0.25, 0.3) is 0 Å². The van der Waals surface area contributed by atoms with Gasteiger partial charge in [0.2, 0.25) is 0 Å². The van der Waals surface area contributed by atoms with Gasteiger partial charge in [0.05, 0.1) is 11.3 Å². The van der Waals surface area contributed by atoms with E-state index < -0.39 is 11.7 Å². The van der Waals surface area contributed by atoms with E-state index in [-0.39, 0.29) is 5.92 Å². The first-order valence-electron chi connectivity index (χ1n) is 5.39. The van der Waals surface area contributed by atoms with Gasteiger partial charge >= 0.3 is 6.18 Å². The smallest absolute Gasteiger partial charge is 0.246 e. The van der Waals surface area contributed by atoms with Gasteiger partial charge < -0.3 is 0 Å². The fourth-order valence-corrected chi connectivity index (χ4v) is 3.51. The van der Waals surface area contributed by atoms with Gasteiger partial charge in [0.15, 0.2) is 0 Å². The van der Waals surface area contributed by atoms with Crippen molar-refractivity contribution in [2.75, 3.05) is 0 Å². The summed E-state index contributed by atoms with van der Waals surface area (Å²) in [5.41, 5.74) is 0.388. The first-order valence-corrected chi connectivity index (χ1v) is 7.33. The molecule has 98 valence electrons. The number of rotatable bonds is 2. The molecule has 0 spiro atoms. The van der Waals surface area contributed by atoms with Crippen LogP contribution in [0.1, 0.15) is 27.9 Å². The molecule has 0 N–H and O–H groups in total. The molecular weight excluding hydrogens is 327 g/mol. The van der Waals surface area contributed by atoms with Crippen molar-refractivity contribution in [1.29, 1.82) is 0 Å². The van der Waals surface area contributed by atoms with Crippen LogP contribution in [0.5, 0.6) is 0 Å². The standard InChI is InChI=1S/C12H11BrF3NS/c1-7-10(6-13)18-11(17-7)8-2-4-9(5-3-8)12(14,15)16/h2,4-5,8H,3,6H2,1H3. The van der Waals surface area contributed by atoms with Gasteiger partial charge in [-0.15, -0.1) is 11.3 Å². The molecule has 1 aliphatic carbocycles. The monoisotopic (exact) mass is 337 g/mol. The van der Waals surface area contributed by atoms with Gasteiger partial charge in [-0.1, -0.05) is 34.2 Å². The molecule has 0 saturated heterocycles. The Bertz CT molecular complexity index is 502. The highest BCUT2D eigenvalue weighted by molar-refractivity contribution is 9.08. The number of aryl methyl sites for hydroxylation is 1. The largest absolute Gasteiger partial charge is 0.416 e. The van der Waals surface area contributed by atoms with Gasteiger partial charge in [-0.3, -0.25) is 0 Å². The van der Waals surface area contributed by atoms with Crippen molar-refractivity contribution < 1.29 is 13.2 Å². The van der Waals surface area contributed by atoms with Crippen molar-refractivity contribution in [1.82, 2.24) is 4.98 Å². The van der Waals surface area contributed by atoms with Gasteiger partial charge in [-0.2, -0.15) is 13.2 Å². The van der Waals surface area contributed by atoms with Crippen molar-refractivity contribution in [2.24, 2.45) is 0 Å². The van der Waals surface area contributed by atoms with Gasteiger partial charge in [-0.05, 0) is 13.3 Å². The van der Waals surface area contributed by atoms with Crippen LogP contribution in [0.4, 0.5) is 13.2 Å². The third-order valence-corrected chi connectivity index (χ3v) is 5.00. The van der Waals surface area contributed by atoms with Crippen LogP contribution in [0.3, 0.4) is 0 Å². The predicted octanol–water partition coefficient (Wildman–Crippen LogP) is 4.88. The van der Waals surface area contributed by atoms with Crippen molar-refractivity contribution in [2.45, 2.75) is 30.8 Å². The van der Waals surface area contributed by atoms with Crippen LogP contribution in [0, 0.1) is 6.92 Å².